The maximum atomic E-state index is 13.3. The Morgan fingerprint density at radius 2 is 2.00 bits per heavy atom. The Morgan fingerprint density at radius 3 is 2.73 bits per heavy atom. The van der Waals surface area contributed by atoms with E-state index in [1.165, 1.54) is 11.3 Å². The molecule has 8 nitrogen and oxygen atoms in total. The van der Waals surface area contributed by atoms with E-state index in [0.29, 0.717) is 23.6 Å². The minimum Gasteiger partial charge on any atom is -0.496 e. The largest absolute Gasteiger partial charge is 0.496 e. The number of hydrogen-bond acceptors (Lipinski definition) is 7. The molecule has 1 saturated heterocycles. The van der Waals surface area contributed by atoms with Gasteiger partial charge in [-0.2, -0.15) is 0 Å². The maximum Gasteiger partial charge on any atom is 0.257 e. The summed E-state index contributed by atoms with van der Waals surface area (Å²) in [4.78, 5) is 39.6. The number of piperidine rings is 1. The highest BCUT2D eigenvalue weighted by molar-refractivity contribution is 7.14. The lowest BCUT2D eigenvalue weighted by molar-refractivity contribution is -0.116. The summed E-state index contributed by atoms with van der Waals surface area (Å²) in [7, 11) is 5.57. The quantitative estimate of drug-likeness (QED) is 0.418. The number of rotatable bonds is 9. The number of nitrogens with one attached hydrogen (secondary N) is 1. The molecule has 2 amide bonds. The zero-order chi connectivity index (χ0) is 26.4. The van der Waals surface area contributed by atoms with Crippen molar-refractivity contribution < 1.29 is 14.3 Å². The Kier molecular flexibility index (Phi) is 8.89. The Morgan fingerprint density at radius 1 is 1.22 bits per heavy atom. The number of anilines is 1. The number of benzene rings is 1. The number of ether oxygens (including phenoxy) is 1. The van der Waals surface area contributed by atoms with Gasteiger partial charge in [0.05, 0.1) is 28.9 Å². The van der Waals surface area contributed by atoms with Crippen LogP contribution in [0.25, 0.3) is 22.0 Å². The Bertz CT molecular complexity index is 1240. The van der Waals surface area contributed by atoms with E-state index in [2.05, 4.69) is 29.2 Å². The van der Waals surface area contributed by atoms with Crippen LogP contribution in [-0.2, 0) is 4.79 Å². The average Bonchev–Trinajstić information content (AvgIpc) is 3.39. The Balaban J connectivity index is 1.51. The van der Waals surface area contributed by atoms with E-state index in [0.717, 1.165) is 60.6 Å². The number of carbonyl (C=O) groups excluding carboxylic acids is 2. The van der Waals surface area contributed by atoms with Gasteiger partial charge in [0, 0.05) is 36.7 Å². The fraction of sp³-hybridized carbons (Fsp3) is 0.429. The molecule has 0 saturated carbocycles. The summed E-state index contributed by atoms with van der Waals surface area (Å²) in [6.07, 6.45) is 6.03. The van der Waals surface area contributed by atoms with Gasteiger partial charge < -0.3 is 19.9 Å². The van der Waals surface area contributed by atoms with Crippen molar-refractivity contribution in [1.29, 1.82) is 0 Å². The maximum absolute atomic E-state index is 13.3. The van der Waals surface area contributed by atoms with Gasteiger partial charge in [0.2, 0.25) is 5.91 Å². The molecule has 3 aromatic rings. The summed E-state index contributed by atoms with van der Waals surface area (Å²) < 4.78 is 5.63. The van der Waals surface area contributed by atoms with Crippen molar-refractivity contribution in [3.8, 4) is 27.7 Å². The molecule has 2 aromatic heterocycles. The van der Waals surface area contributed by atoms with Crippen LogP contribution in [0.2, 0.25) is 0 Å². The van der Waals surface area contributed by atoms with Crippen molar-refractivity contribution in [2.24, 2.45) is 0 Å². The van der Waals surface area contributed by atoms with Gasteiger partial charge in [-0.05, 0) is 63.7 Å². The first-order chi connectivity index (χ1) is 17.9. The van der Waals surface area contributed by atoms with Crippen LogP contribution in [0.1, 0.15) is 49.4 Å². The smallest absolute Gasteiger partial charge is 0.257 e. The van der Waals surface area contributed by atoms with Gasteiger partial charge in [-0.25, -0.2) is 9.97 Å². The first kappa shape index (κ1) is 26.8. The Hall–Kier alpha value is -3.30. The molecule has 1 aliphatic rings. The molecule has 37 heavy (non-hydrogen) atoms. The molecule has 0 atom stereocenters. The lowest BCUT2D eigenvalue weighted by Crippen LogP contribution is -2.44. The molecular formula is C28H35N5O3S. The van der Waals surface area contributed by atoms with Crippen molar-refractivity contribution in [2.75, 3.05) is 39.6 Å². The number of amides is 2. The van der Waals surface area contributed by atoms with Crippen molar-refractivity contribution in [3.05, 3.63) is 47.5 Å². The zero-order valence-corrected chi connectivity index (χ0v) is 22.8. The van der Waals surface area contributed by atoms with Crippen LogP contribution in [0.3, 0.4) is 0 Å². The van der Waals surface area contributed by atoms with Crippen LogP contribution < -0.4 is 10.1 Å². The standard InChI is InChI=1S/C28H35N5O3S/c1-5-6-7-26(34)30-20-17-25(37-18-20)27-29-13-10-23(31-27)19-8-9-22(24(16-19)36-4)28(35)33(3)21-11-14-32(2)15-12-21/h8-10,13,16-18,21H,5-7,11-12,14-15H2,1-4H3,(H,30,34). The van der Waals surface area contributed by atoms with E-state index in [9.17, 15) is 9.59 Å². The lowest BCUT2D eigenvalue weighted by Gasteiger charge is -2.35. The molecule has 1 N–H and O–H groups in total. The molecule has 9 heteroatoms. The molecule has 0 spiro atoms. The summed E-state index contributed by atoms with van der Waals surface area (Å²) >= 11 is 1.49. The molecule has 0 radical (unpaired) electrons. The van der Waals surface area contributed by atoms with E-state index < -0.39 is 0 Å². The van der Waals surface area contributed by atoms with Gasteiger partial charge in [-0.15, -0.1) is 11.3 Å². The summed E-state index contributed by atoms with van der Waals surface area (Å²) in [6.45, 7) is 4.05. The number of thiophene rings is 1. The first-order valence-electron chi connectivity index (χ1n) is 12.8. The average molecular weight is 522 g/mol. The minimum atomic E-state index is -0.0339. The predicted molar refractivity (Wildman–Crippen MR) is 148 cm³/mol. The molecule has 3 heterocycles. The number of hydrogen-bond donors (Lipinski definition) is 1. The normalized spacial score (nSPS) is 14.4. The SMILES string of the molecule is CCCCC(=O)Nc1csc(-c2nccc(-c3ccc(C(=O)N(C)C4CCN(C)CC4)c(OC)c3)n2)c1. The highest BCUT2D eigenvalue weighted by atomic mass is 32.1. The molecule has 0 bridgehead atoms. The number of unbranched alkanes of at least 4 members (excludes halogenated alkanes) is 1. The number of carbonyl (C=O) groups is 2. The lowest BCUT2D eigenvalue weighted by atomic mass is 10.0. The second-order valence-corrected chi connectivity index (χ2v) is 10.4. The van der Waals surface area contributed by atoms with Gasteiger partial charge in [0.15, 0.2) is 5.82 Å². The molecule has 1 fully saturated rings. The number of likely N-dealkylation sites (tertiary alicyclic amines) is 1. The van der Waals surface area contributed by atoms with Gasteiger partial charge in [-0.1, -0.05) is 19.4 Å². The highest BCUT2D eigenvalue weighted by Gasteiger charge is 2.26. The fourth-order valence-electron chi connectivity index (χ4n) is 4.48. The van der Waals surface area contributed by atoms with Crippen molar-refractivity contribution >= 4 is 28.8 Å². The van der Waals surface area contributed by atoms with E-state index in [1.54, 1.807) is 13.3 Å². The van der Waals surface area contributed by atoms with Crippen LogP contribution in [0.5, 0.6) is 5.75 Å². The van der Waals surface area contributed by atoms with Crippen LogP contribution >= 0.6 is 11.3 Å². The molecule has 1 aromatic carbocycles. The first-order valence-corrected chi connectivity index (χ1v) is 13.6. The van der Waals surface area contributed by atoms with Gasteiger partial charge in [0.1, 0.15) is 5.75 Å². The number of nitrogens with zero attached hydrogens (tertiary/aromatic N) is 4. The second-order valence-electron chi connectivity index (χ2n) is 9.48. The van der Waals surface area contributed by atoms with E-state index in [-0.39, 0.29) is 17.9 Å². The summed E-state index contributed by atoms with van der Waals surface area (Å²) in [5, 5.41) is 4.84. The molecule has 0 unspecified atom stereocenters. The van der Waals surface area contributed by atoms with Crippen LogP contribution in [0.15, 0.2) is 41.9 Å². The number of aromatic nitrogens is 2. The van der Waals surface area contributed by atoms with Gasteiger partial charge in [-0.3, -0.25) is 9.59 Å². The number of methoxy groups -OCH3 is 1. The van der Waals surface area contributed by atoms with Gasteiger partial charge in [0.25, 0.3) is 5.91 Å². The highest BCUT2D eigenvalue weighted by Crippen LogP contribution is 2.31. The summed E-state index contributed by atoms with van der Waals surface area (Å²) in [5.74, 6) is 1.09. The molecular weight excluding hydrogens is 486 g/mol. The third kappa shape index (κ3) is 6.53. The Labute approximate surface area is 222 Å². The van der Waals surface area contributed by atoms with Crippen molar-refractivity contribution in [1.82, 2.24) is 19.8 Å². The summed E-state index contributed by atoms with van der Waals surface area (Å²) in [5.41, 5.74) is 2.87. The molecule has 1 aliphatic heterocycles. The van der Waals surface area contributed by atoms with Crippen LogP contribution in [-0.4, -0.2) is 71.9 Å². The molecule has 196 valence electrons. The van der Waals surface area contributed by atoms with Crippen LogP contribution in [0.4, 0.5) is 5.69 Å². The monoisotopic (exact) mass is 521 g/mol. The van der Waals surface area contributed by atoms with E-state index in [4.69, 9.17) is 9.72 Å². The predicted octanol–water partition coefficient (Wildman–Crippen LogP) is 5.18. The van der Waals surface area contributed by atoms with E-state index in [1.807, 2.05) is 47.7 Å². The molecule has 0 aliphatic carbocycles. The second kappa shape index (κ2) is 12.3. The molecule has 4 rings (SSSR count). The van der Waals surface area contributed by atoms with Crippen molar-refractivity contribution in [2.45, 2.75) is 45.1 Å². The van der Waals surface area contributed by atoms with Gasteiger partial charge >= 0.3 is 0 Å². The third-order valence-corrected chi connectivity index (χ3v) is 7.73. The fourth-order valence-corrected chi connectivity index (χ4v) is 5.26. The third-order valence-electron chi connectivity index (χ3n) is 6.80. The minimum absolute atomic E-state index is 0.0177. The van der Waals surface area contributed by atoms with Crippen molar-refractivity contribution in [3.63, 3.8) is 0 Å². The van der Waals surface area contributed by atoms with E-state index >= 15 is 0 Å². The summed E-state index contributed by atoms with van der Waals surface area (Å²) in [6, 6.07) is 9.54. The zero-order valence-electron chi connectivity index (χ0n) is 22.0. The topological polar surface area (TPSA) is 87.7 Å². The van der Waals surface area contributed by atoms with Crippen LogP contribution in [0, 0.1) is 0 Å².